The fourth-order valence-electron chi connectivity index (χ4n) is 3.36. The maximum atomic E-state index is 12.5. The van der Waals surface area contributed by atoms with Crippen LogP contribution < -0.4 is 14.4 Å². The summed E-state index contributed by atoms with van der Waals surface area (Å²) in [6, 6.07) is 16.7. The van der Waals surface area contributed by atoms with E-state index in [1.807, 2.05) is 0 Å². The Morgan fingerprint density at radius 2 is 1.76 bits per heavy atom. The van der Waals surface area contributed by atoms with Crippen LogP contribution in [0.5, 0.6) is 11.5 Å². The molecule has 33 heavy (non-hydrogen) atoms. The average Bonchev–Trinajstić information content (AvgIpc) is 3.14. The molecule has 0 atom stereocenters. The molecule has 1 heterocycles. The number of rotatable bonds is 6. The van der Waals surface area contributed by atoms with Crippen molar-refractivity contribution in [2.24, 2.45) is 0 Å². The van der Waals surface area contributed by atoms with Crippen molar-refractivity contribution >= 4 is 44.6 Å². The van der Waals surface area contributed by atoms with Gasteiger partial charge in [0, 0.05) is 28.9 Å². The minimum absolute atomic E-state index is 0.0294. The minimum atomic E-state index is -3.27. The van der Waals surface area contributed by atoms with Gasteiger partial charge in [-0.1, -0.05) is 11.6 Å². The van der Waals surface area contributed by atoms with Crippen LogP contribution >= 0.6 is 11.6 Å². The van der Waals surface area contributed by atoms with E-state index in [4.69, 9.17) is 16.3 Å². The Labute approximate surface area is 194 Å². The summed E-state index contributed by atoms with van der Waals surface area (Å²) >= 11 is 5.81. The number of nitro benzene ring substituents is 1. The molecule has 0 bridgehead atoms. The predicted octanol–water partition coefficient (Wildman–Crippen LogP) is 4.83. The Hall–Kier alpha value is -3.63. The maximum absolute atomic E-state index is 12.5. The largest absolute Gasteiger partial charge is 0.450 e. The zero-order valence-electron chi connectivity index (χ0n) is 17.1. The molecular weight excluding hydrogens is 470 g/mol. The van der Waals surface area contributed by atoms with Crippen LogP contribution in [0.3, 0.4) is 0 Å². The Morgan fingerprint density at radius 1 is 1.06 bits per heavy atom. The molecule has 4 rings (SSSR count). The van der Waals surface area contributed by atoms with E-state index in [1.165, 1.54) is 46.8 Å². The van der Waals surface area contributed by atoms with Gasteiger partial charge < -0.3 is 10.1 Å². The van der Waals surface area contributed by atoms with E-state index < -0.39 is 14.9 Å². The monoisotopic (exact) mass is 487 g/mol. The van der Waals surface area contributed by atoms with E-state index in [0.717, 1.165) is 0 Å². The smallest absolute Gasteiger partial charge is 0.313 e. The second kappa shape index (κ2) is 9.08. The molecule has 11 heteroatoms. The third-order valence-electron chi connectivity index (χ3n) is 4.97. The van der Waals surface area contributed by atoms with Gasteiger partial charge in [-0.15, -0.1) is 0 Å². The lowest BCUT2D eigenvalue weighted by Crippen LogP contribution is -2.24. The molecule has 1 N–H and O–H groups in total. The van der Waals surface area contributed by atoms with Crippen molar-refractivity contribution in [3.63, 3.8) is 0 Å². The molecule has 1 aliphatic heterocycles. The molecule has 0 spiro atoms. The summed E-state index contributed by atoms with van der Waals surface area (Å²) in [6.07, 6.45) is 0.589. The quantitative estimate of drug-likeness (QED) is 0.392. The zero-order chi connectivity index (χ0) is 23.6. The van der Waals surface area contributed by atoms with E-state index in [2.05, 4.69) is 5.32 Å². The second-order valence-electron chi connectivity index (χ2n) is 7.24. The van der Waals surface area contributed by atoms with Crippen LogP contribution in [0.2, 0.25) is 5.02 Å². The third-order valence-corrected chi connectivity index (χ3v) is 7.08. The fourth-order valence-corrected chi connectivity index (χ4v) is 5.10. The lowest BCUT2D eigenvalue weighted by atomic mass is 10.2. The number of ether oxygens (including phenoxy) is 1. The van der Waals surface area contributed by atoms with Gasteiger partial charge in [-0.05, 0) is 67.1 Å². The number of anilines is 2. The Morgan fingerprint density at radius 3 is 2.36 bits per heavy atom. The van der Waals surface area contributed by atoms with Crippen molar-refractivity contribution in [2.75, 3.05) is 21.9 Å². The number of halogens is 1. The molecule has 0 saturated carbocycles. The summed E-state index contributed by atoms with van der Waals surface area (Å²) in [5, 5.41) is 14.2. The molecule has 1 fully saturated rings. The second-order valence-corrected chi connectivity index (χ2v) is 9.69. The van der Waals surface area contributed by atoms with Gasteiger partial charge in [0.2, 0.25) is 15.8 Å². The molecule has 0 aromatic heterocycles. The molecule has 0 radical (unpaired) electrons. The molecule has 3 aromatic carbocycles. The molecule has 9 nitrogen and oxygen atoms in total. The highest BCUT2D eigenvalue weighted by molar-refractivity contribution is 7.93. The summed E-state index contributed by atoms with van der Waals surface area (Å²) in [5.41, 5.74) is 1.15. The molecule has 0 aliphatic carbocycles. The van der Waals surface area contributed by atoms with Crippen molar-refractivity contribution in [3.8, 4) is 11.5 Å². The highest BCUT2D eigenvalue weighted by Crippen LogP contribution is 2.33. The van der Waals surface area contributed by atoms with E-state index in [0.29, 0.717) is 35.7 Å². The fraction of sp³-hybridized carbons (Fsp3) is 0.136. The van der Waals surface area contributed by atoms with E-state index >= 15 is 0 Å². The van der Waals surface area contributed by atoms with Gasteiger partial charge >= 0.3 is 5.69 Å². The van der Waals surface area contributed by atoms with Crippen molar-refractivity contribution in [3.05, 3.63) is 87.4 Å². The summed E-state index contributed by atoms with van der Waals surface area (Å²) in [7, 11) is -3.27. The highest BCUT2D eigenvalue weighted by atomic mass is 35.5. The number of sulfonamides is 1. The van der Waals surface area contributed by atoms with Gasteiger partial charge in [0.25, 0.3) is 5.91 Å². The van der Waals surface area contributed by atoms with Gasteiger partial charge in [-0.2, -0.15) is 0 Å². The van der Waals surface area contributed by atoms with Crippen LogP contribution in [0, 0.1) is 10.1 Å². The average molecular weight is 488 g/mol. The van der Waals surface area contributed by atoms with E-state index in [1.54, 1.807) is 24.3 Å². The van der Waals surface area contributed by atoms with Crippen molar-refractivity contribution in [1.82, 2.24) is 0 Å². The number of carbonyl (C=O) groups excluding carboxylic acids is 1. The number of hydrogen-bond acceptors (Lipinski definition) is 6. The lowest BCUT2D eigenvalue weighted by molar-refractivity contribution is -0.385. The zero-order valence-corrected chi connectivity index (χ0v) is 18.7. The predicted molar refractivity (Wildman–Crippen MR) is 125 cm³/mol. The van der Waals surface area contributed by atoms with Crippen LogP contribution in [0.15, 0.2) is 66.7 Å². The minimum Gasteiger partial charge on any atom is -0.450 e. The SMILES string of the molecule is O=C(Nc1ccc(N2CCCS2(=O)=O)cc1)c1ccc(Oc2ccc(Cl)cc2[N+](=O)[O-])cc1. The molecule has 1 saturated heterocycles. The molecule has 0 unspecified atom stereocenters. The number of hydrogen-bond donors (Lipinski definition) is 1. The molecule has 3 aromatic rings. The highest BCUT2D eigenvalue weighted by Gasteiger charge is 2.28. The molecule has 170 valence electrons. The standard InChI is InChI=1S/C22H18ClN3O6S/c23-16-4-11-21(20(14-16)26(28)29)32-19-9-2-15(3-10-19)22(27)24-17-5-7-18(8-6-17)25-12-1-13-33(25,30)31/h2-11,14H,1,12-13H2,(H,24,27). The Kier molecular flexibility index (Phi) is 6.21. The first kappa shape index (κ1) is 22.6. The summed E-state index contributed by atoms with van der Waals surface area (Å²) < 4.78 is 31.0. The van der Waals surface area contributed by atoms with Crippen LogP contribution in [0.4, 0.5) is 17.1 Å². The van der Waals surface area contributed by atoms with Crippen LogP contribution in [-0.2, 0) is 10.0 Å². The van der Waals surface area contributed by atoms with Gasteiger partial charge in [0.05, 0.1) is 16.4 Å². The van der Waals surface area contributed by atoms with Crippen molar-refractivity contribution in [1.29, 1.82) is 0 Å². The van der Waals surface area contributed by atoms with Gasteiger partial charge in [-0.25, -0.2) is 8.42 Å². The number of nitro groups is 1. The lowest BCUT2D eigenvalue weighted by Gasteiger charge is -2.17. The van der Waals surface area contributed by atoms with Gasteiger partial charge in [0.15, 0.2) is 0 Å². The number of nitrogens with zero attached hydrogens (tertiary/aromatic N) is 2. The third kappa shape index (κ3) is 5.07. The normalized spacial score (nSPS) is 14.6. The van der Waals surface area contributed by atoms with Gasteiger partial charge in [-0.3, -0.25) is 19.2 Å². The van der Waals surface area contributed by atoms with Crippen LogP contribution in [-0.4, -0.2) is 31.5 Å². The Bertz CT molecular complexity index is 1310. The molecular formula is C22H18ClN3O6S. The van der Waals surface area contributed by atoms with Crippen molar-refractivity contribution < 1.29 is 22.9 Å². The number of amides is 1. The van der Waals surface area contributed by atoms with Crippen LogP contribution in [0.1, 0.15) is 16.8 Å². The summed E-state index contributed by atoms with van der Waals surface area (Å²) in [5.74, 6) is 0.103. The summed E-state index contributed by atoms with van der Waals surface area (Å²) in [6.45, 7) is 0.446. The van der Waals surface area contributed by atoms with E-state index in [9.17, 15) is 23.3 Å². The van der Waals surface area contributed by atoms with Crippen molar-refractivity contribution in [2.45, 2.75) is 6.42 Å². The first-order valence-electron chi connectivity index (χ1n) is 9.87. The summed E-state index contributed by atoms with van der Waals surface area (Å²) in [4.78, 5) is 23.1. The molecule has 1 aliphatic rings. The van der Waals surface area contributed by atoms with E-state index in [-0.39, 0.29) is 28.1 Å². The maximum Gasteiger partial charge on any atom is 0.313 e. The van der Waals surface area contributed by atoms with Gasteiger partial charge in [0.1, 0.15) is 5.75 Å². The first-order chi connectivity index (χ1) is 15.7. The Balaban J connectivity index is 1.42. The molecule has 1 amide bonds. The van der Waals surface area contributed by atoms with Crippen LogP contribution in [0.25, 0.3) is 0 Å². The first-order valence-corrected chi connectivity index (χ1v) is 11.9. The number of carbonyl (C=O) groups is 1. The number of nitrogens with one attached hydrogen (secondary N) is 1. The number of benzene rings is 3. The topological polar surface area (TPSA) is 119 Å².